The van der Waals surface area contributed by atoms with Gasteiger partial charge in [0.15, 0.2) is 5.82 Å². The third-order valence-corrected chi connectivity index (χ3v) is 5.60. The first-order valence-electron chi connectivity index (χ1n) is 8.97. The number of methoxy groups -OCH3 is 1. The minimum Gasteiger partial charge on any atom is -0.377 e. The molecule has 0 aliphatic carbocycles. The first-order valence-corrected chi connectivity index (χ1v) is 9.85. The molecule has 1 fully saturated rings. The van der Waals surface area contributed by atoms with Crippen LogP contribution in [0.3, 0.4) is 0 Å². The molecule has 2 unspecified atom stereocenters. The Balaban J connectivity index is 1.78. The van der Waals surface area contributed by atoms with Gasteiger partial charge in [0.1, 0.15) is 17.3 Å². The van der Waals surface area contributed by atoms with Crippen LogP contribution in [0, 0.1) is 0 Å². The number of fused-ring (bicyclic) bond motifs is 1. The van der Waals surface area contributed by atoms with Crippen molar-refractivity contribution in [3.05, 3.63) is 41.5 Å². The number of anilines is 1. The molecule has 1 N–H and O–H groups in total. The molecule has 6 heteroatoms. The third-order valence-electron chi connectivity index (χ3n) is 4.73. The number of benzene rings is 1. The quantitative estimate of drug-likeness (QED) is 0.694. The predicted octanol–water partition coefficient (Wildman–Crippen LogP) is 4.48. The summed E-state index contributed by atoms with van der Waals surface area (Å²) in [7, 11) is 1.67. The molecule has 4 rings (SSSR count). The predicted molar refractivity (Wildman–Crippen MR) is 106 cm³/mol. The topological polar surface area (TPSA) is 56.3 Å². The van der Waals surface area contributed by atoms with E-state index < -0.39 is 0 Å². The number of aromatic nitrogens is 2. The molecule has 0 saturated carbocycles. The summed E-state index contributed by atoms with van der Waals surface area (Å²) in [6, 6.07) is 10.6. The summed E-state index contributed by atoms with van der Waals surface area (Å²) >= 11 is 1.64. The smallest absolute Gasteiger partial charge is 0.158 e. The van der Waals surface area contributed by atoms with Gasteiger partial charge in [-0.1, -0.05) is 30.3 Å². The molecular formula is C20H23N3O2S. The van der Waals surface area contributed by atoms with Crippen LogP contribution in [0.2, 0.25) is 0 Å². The summed E-state index contributed by atoms with van der Waals surface area (Å²) in [5.74, 6) is 1.56. The van der Waals surface area contributed by atoms with E-state index in [2.05, 4.69) is 46.9 Å². The highest BCUT2D eigenvalue weighted by molar-refractivity contribution is 7.17. The largest absolute Gasteiger partial charge is 0.377 e. The van der Waals surface area contributed by atoms with Crippen LogP contribution >= 0.6 is 11.3 Å². The van der Waals surface area contributed by atoms with Crippen molar-refractivity contribution in [2.45, 2.75) is 38.5 Å². The standard InChI is InChI=1S/C20H23N3O2S/c1-13(16-9-6-10-25-16)21-19-18-15(14-7-4-3-5-8-14)12-26-20(18)23-17(22-19)11-24-2/h3-5,7-8,12-13,16H,6,9-11H2,1-2H3,(H,21,22,23). The van der Waals surface area contributed by atoms with Gasteiger partial charge in [-0.05, 0) is 25.3 Å². The van der Waals surface area contributed by atoms with Crippen molar-refractivity contribution in [1.82, 2.24) is 9.97 Å². The van der Waals surface area contributed by atoms with Crippen LogP contribution in [0.4, 0.5) is 5.82 Å². The van der Waals surface area contributed by atoms with Gasteiger partial charge < -0.3 is 14.8 Å². The van der Waals surface area contributed by atoms with Crippen molar-refractivity contribution in [1.29, 1.82) is 0 Å². The summed E-state index contributed by atoms with van der Waals surface area (Å²) in [5, 5.41) is 6.83. The second-order valence-electron chi connectivity index (χ2n) is 6.60. The zero-order chi connectivity index (χ0) is 17.9. The van der Waals surface area contributed by atoms with E-state index in [-0.39, 0.29) is 12.1 Å². The van der Waals surface area contributed by atoms with Gasteiger partial charge in [0.2, 0.25) is 0 Å². The molecule has 1 saturated heterocycles. The Kier molecular flexibility index (Phi) is 5.15. The van der Waals surface area contributed by atoms with Crippen LogP contribution in [-0.4, -0.2) is 35.8 Å². The van der Waals surface area contributed by atoms with Gasteiger partial charge in [0, 0.05) is 24.7 Å². The highest BCUT2D eigenvalue weighted by Crippen LogP contribution is 2.37. The third kappa shape index (κ3) is 3.45. The van der Waals surface area contributed by atoms with Gasteiger partial charge in [0.05, 0.1) is 17.5 Å². The molecule has 1 aromatic carbocycles. The summed E-state index contributed by atoms with van der Waals surface area (Å²) in [6.45, 7) is 3.41. The van der Waals surface area contributed by atoms with E-state index in [9.17, 15) is 0 Å². The van der Waals surface area contributed by atoms with Crippen molar-refractivity contribution in [3.63, 3.8) is 0 Å². The number of ether oxygens (including phenoxy) is 2. The summed E-state index contributed by atoms with van der Waals surface area (Å²) in [6.07, 6.45) is 2.44. The molecule has 0 spiro atoms. The van der Waals surface area contributed by atoms with Crippen molar-refractivity contribution in [2.75, 3.05) is 19.0 Å². The second-order valence-corrected chi connectivity index (χ2v) is 7.46. The average molecular weight is 369 g/mol. The van der Waals surface area contributed by atoms with E-state index in [4.69, 9.17) is 14.5 Å². The lowest BCUT2D eigenvalue weighted by Crippen LogP contribution is -2.30. The Morgan fingerprint density at radius 2 is 2.15 bits per heavy atom. The fourth-order valence-corrected chi connectivity index (χ4v) is 4.39. The summed E-state index contributed by atoms with van der Waals surface area (Å²) < 4.78 is 11.1. The first kappa shape index (κ1) is 17.4. The Bertz CT molecular complexity index is 875. The zero-order valence-corrected chi connectivity index (χ0v) is 15.9. The molecule has 2 atom stereocenters. The maximum absolute atomic E-state index is 5.85. The van der Waals surface area contributed by atoms with Crippen molar-refractivity contribution < 1.29 is 9.47 Å². The maximum Gasteiger partial charge on any atom is 0.158 e. The van der Waals surface area contributed by atoms with Crippen LogP contribution < -0.4 is 5.32 Å². The van der Waals surface area contributed by atoms with E-state index in [0.29, 0.717) is 12.4 Å². The van der Waals surface area contributed by atoms with Crippen LogP contribution in [0.1, 0.15) is 25.6 Å². The van der Waals surface area contributed by atoms with Gasteiger partial charge in [0.25, 0.3) is 0 Å². The molecule has 3 aromatic rings. The normalized spacial score (nSPS) is 18.3. The molecule has 26 heavy (non-hydrogen) atoms. The van der Waals surface area contributed by atoms with Crippen LogP contribution in [0.15, 0.2) is 35.7 Å². The van der Waals surface area contributed by atoms with Crippen LogP contribution in [-0.2, 0) is 16.1 Å². The molecular weight excluding hydrogens is 346 g/mol. The first-order chi connectivity index (χ1) is 12.8. The molecule has 2 aromatic heterocycles. The number of hydrogen-bond donors (Lipinski definition) is 1. The average Bonchev–Trinajstić information content (AvgIpc) is 3.33. The number of nitrogens with zero attached hydrogens (tertiary/aromatic N) is 2. The Morgan fingerprint density at radius 3 is 2.88 bits per heavy atom. The van der Waals surface area contributed by atoms with E-state index in [1.54, 1.807) is 18.4 Å². The minimum atomic E-state index is 0.189. The monoisotopic (exact) mass is 369 g/mol. The van der Waals surface area contributed by atoms with Crippen LogP contribution in [0.25, 0.3) is 21.3 Å². The lowest BCUT2D eigenvalue weighted by Gasteiger charge is -2.21. The molecule has 3 heterocycles. The van der Waals surface area contributed by atoms with Gasteiger partial charge in [-0.15, -0.1) is 11.3 Å². The van der Waals surface area contributed by atoms with E-state index in [0.717, 1.165) is 41.0 Å². The molecule has 5 nitrogen and oxygen atoms in total. The van der Waals surface area contributed by atoms with Gasteiger partial charge in [-0.25, -0.2) is 9.97 Å². The van der Waals surface area contributed by atoms with Gasteiger partial charge in [-0.3, -0.25) is 0 Å². The number of hydrogen-bond acceptors (Lipinski definition) is 6. The lowest BCUT2D eigenvalue weighted by atomic mass is 10.1. The number of rotatable bonds is 6. The minimum absolute atomic E-state index is 0.189. The highest BCUT2D eigenvalue weighted by atomic mass is 32.1. The Hall–Kier alpha value is -2.02. The Labute approximate surface area is 157 Å². The van der Waals surface area contributed by atoms with Crippen molar-refractivity contribution in [3.8, 4) is 11.1 Å². The molecule has 1 aliphatic heterocycles. The van der Waals surface area contributed by atoms with Gasteiger partial charge in [-0.2, -0.15) is 0 Å². The van der Waals surface area contributed by atoms with Crippen molar-refractivity contribution in [2.24, 2.45) is 0 Å². The summed E-state index contributed by atoms with van der Waals surface area (Å²) in [5.41, 5.74) is 2.34. The number of nitrogens with one attached hydrogen (secondary N) is 1. The maximum atomic E-state index is 5.85. The molecule has 136 valence electrons. The molecule has 0 amide bonds. The van der Waals surface area contributed by atoms with Crippen LogP contribution in [0.5, 0.6) is 0 Å². The van der Waals surface area contributed by atoms with E-state index >= 15 is 0 Å². The van der Waals surface area contributed by atoms with E-state index in [1.165, 1.54) is 5.56 Å². The lowest BCUT2D eigenvalue weighted by molar-refractivity contribution is 0.0996. The molecule has 1 aliphatic rings. The van der Waals surface area contributed by atoms with Crippen molar-refractivity contribution >= 4 is 27.4 Å². The Morgan fingerprint density at radius 1 is 1.31 bits per heavy atom. The molecule has 0 bridgehead atoms. The number of thiophene rings is 1. The van der Waals surface area contributed by atoms with E-state index in [1.807, 2.05) is 6.07 Å². The highest BCUT2D eigenvalue weighted by Gasteiger charge is 2.24. The second kappa shape index (κ2) is 7.70. The SMILES string of the molecule is COCc1nc(NC(C)C2CCCO2)c2c(-c3ccccc3)csc2n1. The van der Waals surface area contributed by atoms with Gasteiger partial charge >= 0.3 is 0 Å². The fourth-order valence-electron chi connectivity index (χ4n) is 3.42. The molecule has 0 radical (unpaired) electrons. The zero-order valence-electron chi connectivity index (χ0n) is 15.1. The summed E-state index contributed by atoms with van der Waals surface area (Å²) in [4.78, 5) is 10.4. The fraction of sp³-hybridized carbons (Fsp3) is 0.400.